The van der Waals surface area contributed by atoms with Crippen LogP contribution in [0, 0.1) is 0 Å². The van der Waals surface area contributed by atoms with E-state index in [-0.39, 0.29) is 5.56 Å². The first-order chi connectivity index (χ1) is 13.3. The van der Waals surface area contributed by atoms with Gasteiger partial charge in [0.05, 0.1) is 12.7 Å². The van der Waals surface area contributed by atoms with Gasteiger partial charge in [-0.1, -0.05) is 42.5 Å². The van der Waals surface area contributed by atoms with Crippen LogP contribution >= 0.6 is 0 Å². The zero-order chi connectivity index (χ0) is 20.6. The molecule has 0 amide bonds. The molecular formula is C20H21NO6S. The number of nitrogens with one attached hydrogen (secondary N) is 1. The number of methoxy groups -OCH3 is 1. The molecule has 0 bridgehead atoms. The quantitative estimate of drug-likeness (QED) is 0.510. The molecule has 0 aromatic heterocycles. The van der Waals surface area contributed by atoms with Crippen molar-refractivity contribution >= 4 is 27.9 Å². The molecule has 0 saturated heterocycles. The van der Waals surface area contributed by atoms with Crippen molar-refractivity contribution in [3.8, 4) is 5.75 Å². The number of sulfonamides is 1. The highest BCUT2D eigenvalue weighted by atomic mass is 32.2. The first-order valence-corrected chi connectivity index (χ1v) is 9.95. The highest BCUT2D eigenvalue weighted by Crippen LogP contribution is 2.17. The van der Waals surface area contributed by atoms with Crippen LogP contribution in [0.15, 0.2) is 60.0 Å². The molecular weight excluding hydrogens is 382 g/mol. The molecule has 1 atom stereocenters. The largest absolute Gasteiger partial charge is 0.496 e. The normalized spacial score (nSPS) is 12.5. The van der Waals surface area contributed by atoms with E-state index in [4.69, 9.17) is 9.47 Å². The van der Waals surface area contributed by atoms with Gasteiger partial charge in [-0.3, -0.25) is 9.59 Å². The number of rotatable bonds is 9. The zero-order valence-electron chi connectivity index (χ0n) is 15.5. The third kappa shape index (κ3) is 6.33. The summed E-state index contributed by atoms with van der Waals surface area (Å²) in [6.45, 7) is 0.814. The van der Waals surface area contributed by atoms with E-state index in [1.807, 2.05) is 6.07 Å². The van der Waals surface area contributed by atoms with E-state index in [9.17, 15) is 18.0 Å². The Morgan fingerprint density at radius 2 is 1.71 bits per heavy atom. The van der Waals surface area contributed by atoms with Gasteiger partial charge in [0.2, 0.25) is 15.8 Å². The van der Waals surface area contributed by atoms with Gasteiger partial charge < -0.3 is 9.47 Å². The molecule has 1 N–H and O–H groups in total. The maximum absolute atomic E-state index is 12.2. The molecule has 0 saturated carbocycles. The first-order valence-electron chi connectivity index (χ1n) is 8.40. The number of ketones is 1. The minimum absolute atomic E-state index is 0.275. The first kappa shape index (κ1) is 21.3. The molecule has 2 rings (SSSR count). The van der Waals surface area contributed by atoms with Gasteiger partial charge in [0.15, 0.2) is 6.61 Å². The second kappa shape index (κ2) is 9.82. The molecule has 148 valence electrons. The lowest BCUT2D eigenvalue weighted by atomic mass is 10.1. The smallest absolute Gasteiger partial charge is 0.324 e. The van der Waals surface area contributed by atoms with E-state index in [2.05, 4.69) is 4.72 Å². The molecule has 0 aliphatic carbocycles. The Morgan fingerprint density at radius 3 is 2.39 bits per heavy atom. The third-order valence-corrected chi connectivity index (χ3v) is 4.86. The van der Waals surface area contributed by atoms with Gasteiger partial charge in [-0.05, 0) is 30.7 Å². The Labute approximate surface area is 164 Å². The second-order valence-corrected chi connectivity index (χ2v) is 7.43. The topological polar surface area (TPSA) is 98.8 Å². The van der Waals surface area contributed by atoms with Gasteiger partial charge in [-0.2, -0.15) is 4.72 Å². The molecule has 0 fully saturated rings. The number of esters is 1. The Kier molecular flexibility index (Phi) is 7.48. The molecule has 0 aliphatic rings. The van der Waals surface area contributed by atoms with E-state index < -0.39 is 34.4 Å². The number of hydrogen-bond acceptors (Lipinski definition) is 6. The van der Waals surface area contributed by atoms with Gasteiger partial charge in [-0.25, -0.2) is 8.42 Å². The summed E-state index contributed by atoms with van der Waals surface area (Å²) in [6.07, 6.45) is 1.41. The maximum atomic E-state index is 12.2. The summed E-state index contributed by atoms with van der Waals surface area (Å²) in [6, 6.07) is 14.2. The molecule has 0 unspecified atom stereocenters. The van der Waals surface area contributed by atoms with Crippen molar-refractivity contribution in [3.63, 3.8) is 0 Å². The highest BCUT2D eigenvalue weighted by Gasteiger charge is 2.21. The molecule has 28 heavy (non-hydrogen) atoms. The molecule has 0 radical (unpaired) electrons. The standard InChI is InChI=1S/C20H21NO6S/c1-15(21-28(24,25)13-12-16-8-4-3-5-9-16)20(23)27-14-18(22)17-10-6-7-11-19(17)26-2/h3-13,15,21H,14H2,1-2H3/b13-12+/t15-/m0/s1. The summed E-state index contributed by atoms with van der Waals surface area (Å²) in [5.74, 6) is -0.951. The van der Waals surface area contributed by atoms with Crippen LogP contribution in [0.5, 0.6) is 5.75 Å². The Hall–Kier alpha value is -2.97. The summed E-state index contributed by atoms with van der Waals surface area (Å²) in [4.78, 5) is 24.2. The fourth-order valence-corrected chi connectivity index (χ4v) is 3.28. The van der Waals surface area contributed by atoms with Gasteiger partial charge in [0.25, 0.3) is 0 Å². The monoisotopic (exact) mass is 403 g/mol. The molecule has 2 aromatic carbocycles. The van der Waals surface area contributed by atoms with E-state index in [1.165, 1.54) is 20.1 Å². The van der Waals surface area contributed by atoms with Crippen molar-refractivity contribution in [2.45, 2.75) is 13.0 Å². The minimum atomic E-state index is -3.86. The Balaban J connectivity index is 1.91. The predicted octanol–water partition coefficient (Wildman–Crippen LogP) is 2.40. The lowest BCUT2D eigenvalue weighted by molar-refractivity contribution is -0.144. The van der Waals surface area contributed by atoms with Crippen molar-refractivity contribution in [2.24, 2.45) is 0 Å². The van der Waals surface area contributed by atoms with Crippen LogP contribution in [0.1, 0.15) is 22.8 Å². The summed E-state index contributed by atoms with van der Waals surface area (Å²) in [5.41, 5.74) is 0.974. The van der Waals surface area contributed by atoms with Gasteiger partial charge >= 0.3 is 5.97 Å². The number of Topliss-reactive ketones (excluding diaryl/α,β-unsaturated/α-hetero) is 1. The zero-order valence-corrected chi connectivity index (χ0v) is 16.3. The van der Waals surface area contributed by atoms with Crippen LogP contribution in [0.25, 0.3) is 6.08 Å². The van der Waals surface area contributed by atoms with E-state index in [0.29, 0.717) is 11.3 Å². The molecule has 0 aliphatic heterocycles. The van der Waals surface area contributed by atoms with Crippen molar-refractivity contribution < 1.29 is 27.5 Å². The minimum Gasteiger partial charge on any atom is -0.496 e. The average molecular weight is 403 g/mol. The van der Waals surface area contributed by atoms with Crippen LogP contribution in [0.2, 0.25) is 0 Å². The summed E-state index contributed by atoms with van der Waals surface area (Å²) < 4.78 is 36.4. The van der Waals surface area contributed by atoms with Crippen LogP contribution < -0.4 is 9.46 Å². The Morgan fingerprint density at radius 1 is 1.07 bits per heavy atom. The number of ether oxygens (including phenoxy) is 2. The third-order valence-electron chi connectivity index (χ3n) is 3.69. The van der Waals surface area contributed by atoms with Crippen LogP contribution in [0.4, 0.5) is 0 Å². The fourth-order valence-electron chi connectivity index (χ4n) is 2.28. The van der Waals surface area contributed by atoms with Crippen molar-refractivity contribution in [1.29, 1.82) is 0 Å². The molecule has 0 heterocycles. The molecule has 8 heteroatoms. The summed E-state index contributed by atoms with van der Waals surface area (Å²) in [5, 5.41) is 0.964. The second-order valence-electron chi connectivity index (χ2n) is 5.83. The van der Waals surface area contributed by atoms with E-state index >= 15 is 0 Å². The molecule has 2 aromatic rings. The van der Waals surface area contributed by atoms with E-state index in [1.54, 1.807) is 48.5 Å². The van der Waals surface area contributed by atoms with E-state index in [0.717, 1.165) is 5.41 Å². The lowest BCUT2D eigenvalue weighted by Gasteiger charge is -2.12. The number of carbonyl (C=O) groups is 2. The SMILES string of the molecule is COc1ccccc1C(=O)COC(=O)[C@H](C)NS(=O)(=O)/C=C/c1ccccc1. The maximum Gasteiger partial charge on any atom is 0.324 e. The van der Waals surface area contributed by atoms with Gasteiger partial charge in [0, 0.05) is 5.41 Å². The summed E-state index contributed by atoms with van der Waals surface area (Å²) in [7, 11) is -2.43. The molecule has 0 spiro atoms. The predicted molar refractivity (Wildman–Crippen MR) is 105 cm³/mol. The van der Waals surface area contributed by atoms with Crippen molar-refractivity contribution in [2.75, 3.05) is 13.7 Å². The average Bonchev–Trinajstić information content (AvgIpc) is 2.70. The van der Waals surface area contributed by atoms with Crippen molar-refractivity contribution in [1.82, 2.24) is 4.72 Å². The summed E-state index contributed by atoms with van der Waals surface area (Å²) >= 11 is 0. The highest BCUT2D eigenvalue weighted by molar-refractivity contribution is 7.92. The van der Waals surface area contributed by atoms with Crippen LogP contribution in [-0.2, 0) is 19.6 Å². The lowest BCUT2D eigenvalue weighted by Crippen LogP contribution is -2.39. The number of hydrogen-bond donors (Lipinski definition) is 1. The van der Waals surface area contributed by atoms with Crippen LogP contribution in [-0.4, -0.2) is 39.9 Å². The number of carbonyl (C=O) groups excluding carboxylic acids is 2. The van der Waals surface area contributed by atoms with Crippen molar-refractivity contribution in [3.05, 3.63) is 71.1 Å². The van der Waals surface area contributed by atoms with Crippen LogP contribution in [0.3, 0.4) is 0 Å². The number of para-hydroxylation sites is 1. The Bertz CT molecular complexity index is 954. The fraction of sp³-hybridized carbons (Fsp3) is 0.200. The van der Waals surface area contributed by atoms with Gasteiger partial charge in [0.1, 0.15) is 11.8 Å². The molecule has 7 nitrogen and oxygen atoms in total. The number of benzene rings is 2. The van der Waals surface area contributed by atoms with Gasteiger partial charge in [-0.15, -0.1) is 0 Å².